The molecule has 0 aliphatic rings. The number of nitro groups is 1. The number of carbonyl (C=O) groups excluding carboxylic acids is 1. The summed E-state index contributed by atoms with van der Waals surface area (Å²) in [6.45, 7) is 1.54. The Labute approximate surface area is 165 Å². The molecule has 1 atom stereocenters. The van der Waals surface area contributed by atoms with Gasteiger partial charge in [-0.25, -0.2) is 4.79 Å². The number of hydrogen-bond donors (Lipinski definition) is 2. The molecule has 0 bridgehead atoms. The number of nitro benzene ring substituents is 1. The van der Waals surface area contributed by atoms with Crippen molar-refractivity contribution in [1.82, 2.24) is 10.2 Å². The second-order valence-electron chi connectivity index (χ2n) is 6.00. The average molecular weight is 398 g/mol. The molecular formula is C19H18N4O6. The van der Waals surface area contributed by atoms with Gasteiger partial charge in [0.1, 0.15) is 0 Å². The maximum Gasteiger partial charge on any atom is 0.341 e. The molecular weight excluding hydrogens is 380 g/mol. The van der Waals surface area contributed by atoms with Crippen molar-refractivity contribution in [3.05, 3.63) is 70.1 Å². The highest BCUT2D eigenvalue weighted by atomic mass is 16.6. The molecule has 150 valence electrons. The van der Waals surface area contributed by atoms with Crippen molar-refractivity contribution in [3.63, 3.8) is 0 Å². The van der Waals surface area contributed by atoms with Gasteiger partial charge < -0.3 is 19.6 Å². The van der Waals surface area contributed by atoms with Gasteiger partial charge in [0.15, 0.2) is 6.10 Å². The SMILES string of the molecule is C[C@H](OC(=O)c1cc([N+](=O)[O-])ccc1NCCO)c1nnc(-c2ccccc2)o1. The summed E-state index contributed by atoms with van der Waals surface area (Å²) in [6, 6.07) is 12.9. The molecule has 0 fully saturated rings. The van der Waals surface area contributed by atoms with Crippen LogP contribution >= 0.6 is 0 Å². The first-order chi connectivity index (χ1) is 14.0. The van der Waals surface area contributed by atoms with E-state index in [2.05, 4.69) is 15.5 Å². The van der Waals surface area contributed by atoms with Crippen molar-refractivity contribution in [2.24, 2.45) is 0 Å². The summed E-state index contributed by atoms with van der Waals surface area (Å²) in [5.74, 6) is -0.433. The third-order valence-corrected chi connectivity index (χ3v) is 3.95. The third-order valence-electron chi connectivity index (χ3n) is 3.95. The highest BCUT2D eigenvalue weighted by molar-refractivity contribution is 5.96. The van der Waals surface area contributed by atoms with E-state index in [4.69, 9.17) is 14.3 Å². The van der Waals surface area contributed by atoms with Crippen molar-refractivity contribution >= 4 is 17.3 Å². The van der Waals surface area contributed by atoms with Crippen LogP contribution in [-0.4, -0.2) is 39.3 Å². The van der Waals surface area contributed by atoms with Gasteiger partial charge in [-0.2, -0.15) is 0 Å². The van der Waals surface area contributed by atoms with E-state index in [-0.39, 0.29) is 36.2 Å². The van der Waals surface area contributed by atoms with Crippen LogP contribution in [0.2, 0.25) is 0 Å². The van der Waals surface area contributed by atoms with Gasteiger partial charge >= 0.3 is 5.97 Å². The Kier molecular flexibility index (Phi) is 6.15. The Morgan fingerprint density at radius 2 is 2.03 bits per heavy atom. The summed E-state index contributed by atoms with van der Waals surface area (Å²) >= 11 is 0. The van der Waals surface area contributed by atoms with Crippen molar-refractivity contribution in [2.75, 3.05) is 18.5 Å². The van der Waals surface area contributed by atoms with Gasteiger partial charge in [-0.1, -0.05) is 18.2 Å². The maximum absolute atomic E-state index is 12.6. The highest BCUT2D eigenvalue weighted by Gasteiger charge is 2.23. The van der Waals surface area contributed by atoms with Crippen LogP contribution in [0.25, 0.3) is 11.5 Å². The Morgan fingerprint density at radius 3 is 2.72 bits per heavy atom. The van der Waals surface area contributed by atoms with E-state index in [1.807, 2.05) is 18.2 Å². The number of non-ortho nitro benzene ring substituents is 1. The highest BCUT2D eigenvalue weighted by Crippen LogP contribution is 2.27. The zero-order chi connectivity index (χ0) is 20.8. The van der Waals surface area contributed by atoms with E-state index in [1.54, 1.807) is 19.1 Å². The van der Waals surface area contributed by atoms with Gasteiger partial charge in [-0.15, -0.1) is 10.2 Å². The van der Waals surface area contributed by atoms with Crippen LogP contribution in [0.3, 0.4) is 0 Å². The summed E-state index contributed by atoms with van der Waals surface area (Å²) < 4.78 is 10.9. The van der Waals surface area contributed by atoms with E-state index >= 15 is 0 Å². The predicted molar refractivity (Wildman–Crippen MR) is 102 cm³/mol. The van der Waals surface area contributed by atoms with Crippen molar-refractivity contribution in [1.29, 1.82) is 0 Å². The van der Waals surface area contributed by atoms with Gasteiger partial charge in [0, 0.05) is 29.9 Å². The molecule has 0 aliphatic carbocycles. The first-order valence-corrected chi connectivity index (χ1v) is 8.72. The van der Waals surface area contributed by atoms with Gasteiger partial charge in [0.2, 0.25) is 5.89 Å². The molecule has 2 aromatic carbocycles. The van der Waals surface area contributed by atoms with Gasteiger partial charge in [-0.3, -0.25) is 10.1 Å². The number of aliphatic hydroxyl groups is 1. The van der Waals surface area contributed by atoms with Crippen LogP contribution in [-0.2, 0) is 4.74 Å². The minimum absolute atomic E-state index is 0.0395. The Hall–Kier alpha value is -3.79. The minimum Gasteiger partial charge on any atom is -0.449 e. The number of esters is 1. The molecule has 1 heterocycles. The van der Waals surface area contributed by atoms with Crippen LogP contribution in [0, 0.1) is 10.1 Å². The monoisotopic (exact) mass is 398 g/mol. The molecule has 0 spiro atoms. The lowest BCUT2D eigenvalue weighted by Crippen LogP contribution is -2.14. The molecule has 0 unspecified atom stereocenters. The Bertz CT molecular complexity index is 1000. The number of rotatable bonds is 8. The average Bonchev–Trinajstić information content (AvgIpc) is 3.23. The number of benzene rings is 2. The number of nitrogens with zero attached hydrogens (tertiary/aromatic N) is 3. The number of carbonyl (C=O) groups is 1. The molecule has 10 heteroatoms. The number of aliphatic hydroxyl groups excluding tert-OH is 1. The quantitative estimate of drug-likeness (QED) is 0.333. The fourth-order valence-corrected chi connectivity index (χ4v) is 2.53. The summed E-state index contributed by atoms with van der Waals surface area (Å²) in [6.07, 6.45) is -0.877. The second-order valence-corrected chi connectivity index (χ2v) is 6.00. The molecule has 0 saturated carbocycles. The molecule has 3 aromatic rings. The summed E-state index contributed by atoms with van der Waals surface area (Å²) in [7, 11) is 0. The predicted octanol–water partition coefficient (Wildman–Crippen LogP) is 2.97. The normalized spacial score (nSPS) is 11.7. The number of nitrogens with one attached hydrogen (secondary N) is 1. The molecule has 0 saturated heterocycles. The van der Waals surface area contributed by atoms with Crippen LogP contribution in [0.1, 0.15) is 29.3 Å². The molecule has 3 rings (SSSR count). The Balaban J connectivity index is 1.79. The summed E-state index contributed by atoms with van der Waals surface area (Å²) in [5, 5.41) is 30.7. The fraction of sp³-hybridized carbons (Fsp3) is 0.211. The summed E-state index contributed by atoms with van der Waals surface area (Å²) in [4.78, 5) is 23.1. The first kappa shape index (κ1) is 20.0. The van der Waals surface area contributed by atoms with Gasteiger partial charge in [0.25, 0.3) is 11.6 Å². The minimum atomic E-state index is -0.877. The zero-order valence-corrected chi connectivity index (χ0v) is 15.4. The van der Waals surface area contributed by atoms with E-state index in [1.165, 1.54) is 12.1 Å². The number of ether oxygens (including phenoxy) is 1. The molecule has 0 aliphatic heterocycles. The second kappa shape index (κ2) is 8.93. The van der Waals surface area contributed by atoms with Crippen LogP contribution in [0.4, 0.5) is 11.4 Å². The smallest absolute Gasteiger partial charge is 0.341 e. The zero-order valence-electron chi connectivity index (χ0n) is 15.4. The van der Waals surface area contributed by atoms with Crippen molar-refractivity contribution in [3.8, 4) is 11.5 Å². The Morgan fingerprint density at radius 1 is 1.28 bits per heavy atom. The molecule has 0 radical (unpaired) electrons. The van der Waals surface area contributed by atoms with Crippen LogP contribution < -0.4 is 5.32 Å². The number of anilines is 1. The lowest BCUT2D eigenvalue weighted by Gasteiger charge is -2.13. The molecule has 1 aromatic heterocycles. The molecule has 29 heavy (non-hydrogen) atoms. The van der Waals surface area contributed by atoms with E-state index in [9.17, 15) is 14.9 Å². The van der Waals surface area contributed by atoms with E-state index in [0.29, 0.717) is 5.69 Å². The van der Waals surface area contributed by atoms with Crippen LogP contribution in [0.15, 0.2) is 52.9 Å². The maximum atomic E-state index is 12.6. The van der Waals surface area contributed by atoms with Gasteiger partial charge in [0.05, 0.1) is 17.1 Å². The topological polar surface area (TPSA) is 141 Å². The number of hydrogen-bond acceptors (Lipinski definition) is 9. The molecule has 0 amide bonds. The standard InChI is InChI=1S/C19H18N4O6/c1-12(17-21-22-18(29-17)13-5-3-2-4-6-13)28-19(25)15-11-14(23(26)27)7-8-16(15)20-9-10-24/h2-8,11-12,20,24H,9-10H2,1H3/t12-/m0/s1. The largest absolute Gasteiger partial charge is 0.449 e. The lowest BCUT2D eigenvalue weighted by atomic mass is 10.1. The van der Waals surface area contributed by atoms with Crippen molar-refractivity contribution in [2.45, 2.75) is 13.0 Å². The van der Waals surface area contributed by atoms with E-state index < -0.39 is 17.0 Å². The lowest BCUT2D eigenvalue weighted by molar-refractivity contribution is -0.384. The fourth-order valence-electron chi connectivity index (χ4n) is 2.53. The van der Waals surface area contributed by atoms with Crippen molar-refractivity contribution < 1.29 is 24.0 Å². The third kappa shape index (κ3) is 4.74. The van der Waals surface area contributed by atoms with Crippen LogP contribution in [0.5, 0.6) is 0 Å². The van der Waals surface area contributed by atoms with Gasteiger partial charge in [-0.05, 0) is 25.1 Å². The first-order valence-electron chi connectivity index (χ1n) is 8.72. The summed E-state index contributed by atoms with van der Waals surface area (Å²) in [5.41, 5.74) is 0.724. The molecule has 2 N–H and O–H groups in total. The molecule has 10 nitrogen and oxygen atoms in total. The van der Waals surface area contributed by atoms with E-state index in [0.717, 1.165) is 11.6 Å². The number of aromatic nitrogens is 2.